The van der Waals surface area contributed by atoms with Crippen LogP contribution in [0.15, 0.2) is 33.8 Å². The first kappa shape index (κ1) is 11.8. The van der Waals surface area contributed by atoms with Crippen molar-refractivity contribution in [3.63, 3.8) is 0 Å². The maximum absolute atomic E-state index is 11.4. The van der Waals surface area contributed by atoms with Crippen LogP contribution in [0.3, 0.4) is 0 Å². The number of benzene rings is 1. The van der Waals surface area contributed by atoms with Crippen LogP contribution in [-0.4, -0.2) is 27.2 Å². The number of nitrogens with zero attached hydrogens (tertiary/aromatic N) is 2. The second kappa shape index (κ2) is 5.07. The van der Waals surface area contributed by atoms with Crippen LogP contribution in [0.5, 0.6) is 0 Å². The van der Waals surface area contributed by atoms with Crippen LogP contribution < -0.4 is 0 Å². The van der Waals surface area contributed by atoms with Crippen molar-refractivity contribution in [2.75, 3.05) is 5.75 Å². The molecule has 1 heterocycles. The van der Waals surface area contributed by atoms with Gasteiger partial charge in [0, 0.05) is 4.47 Å². The van der Waals surface area contributed by atoms with Gasteiger partial charge < -0.3 is 0 Å². The lowest BCUT2D eigenvalue weighted by Crippen LogP contribution is -2.22. The van der Waals surface area contributed by atoms with E-state index in [2.05, 4.69) is 21.0 Å². The standard InChI is InChI=1S/C10H7BrN2OS2/c11-8-3-1-7(2-4-8)5-12-13-9(14)6-16-10(13)15/h1-5H,6H2/b12-5+. The van der Waals surface area contributed by atoms with Gasteiger partial charge in [0.25, 0.3) is 5.91 Å². The number of rotatable bonds is 2. The molecule has 0 atom stereocenters. The molecule has 1 aromatic carbocycles. The zero-order valence-corrected chi connectivity index (χ0v) is 11.3. The van der Waals surface area contributed by atoms with E-state index in [1.807, 2.05) is 24.3 Å². The summed E-state index contributed by atoms with van der Waals surface area (Å²) in [6, 6.07) is 7.65. The first-order valence-corrected chi connectivity index (χ1v) is 6.65. The Morgan fingerprint density at radius 2 is 2.12 bits per heavy atom. The Hall–Kier alpha value is -0.720. The predicted octanol–water partition coefficient (Wildman–Crippen LogP) is 2.64. The minimum absolute atomic E-state index is 0.0663. The molecule has 1 aromatic rings. The van der Waals surface area contributed by atoms with E-state index < -0.39 is 0 Å². The molecule has 82 valence electrons. The molecule has 3 nitrogen and oxygen atoms in total. The lowest BCUT2D eigenvalue weighted by atomic mass is 10.2. The van der Waals surface area contributed by atoms with Gasteiger partial charge in [-0.05, 0) is 17.7 Å². The molecule has 1 aliphatic heterocycles. The Balaban J connectivity index is 2.12. The molecular weight excluding hydrogens is 308 g/mol. The van der Waals surface area contributed by atoms with Crippen LogP contribution in [0.2, 0.25) is 0 Å². The summed E-state index contributed by atoms with van der Waals surface area (Å²) in [4.78, 5) is 11.4. The van der Waals surface area contributed by atoms with E-state index in [4.69, 9.17) is 12.2 Å². The van der Waals surface area contributed by atoms with E-state index in [0.29, 0.717) is 10.1 Å². The molecule has 1 amide bonds. The Morgan fingerprint density at radius 1 is 1.44 bits per heavy atom. The van der Waals surface area contributed by atoms with Gasteiger partial charge >= 0.3 is 0 Å². The van der Waals surface area contributed by atoms with Gasteiger partial charge in [0.05, 0.1) is 12.0 Å². The highest BCUT2D eigenvalue weighted by Crippen LogP contribution is 2.19. The number of hydrogen-bond acceptors (Lipinski definition) is 4. The maximum atomic E-state index is 11.4. The quantitative estimate of drug-likeness (QED) is 0.621. The van der Waals surface area contributed by atoms with E-state index in [0.717, 1.165) is 10.0 Å². The third-order valence-electron chi connectivity index (χ3n) is 1.92. The first-order valence-electron chi connectivity index (χ1n) is 4.46. The van der Waals surface area contributed by atoms with Crippen molar-refractivity contribution in [2.24, 2.45) is 5.10 Å². The van der Waals surface area contributed by atoms with Gasteiger partial charge in [0.15, 0.2) is 4.32 Å². The van der Waals surface area contributed by atoms with Crippen molar-refractivity contribution < 1.29 is 4.79 Å². The molecule has 6 heteroatoms. The minimum atomic E-state index is -0.0663. The van der Waals surface area contributed by atoms with Crippen molar-refractivity contribution >= 4 is 56.4 Å². The highest BCUT2D eigenvalue weighted by Gasteiger charge is 2.25. The van der Waals surface area contributed by atoms with Gasteiger partial charge in [-0.3, -0.25) is 4.79 Å². The third kappa shape index (κ3) is 2.69. The van der Waals surface area contributed by atoms with E-state index in [1.165, 1.54) is 16.8 Å². The summed E-state index contributed by atoms with van der Waals surface area (Å²) < 4.78 is 1.52. The molecule has 1 saturated heterocycles. The molecule has 0 N–H and O–H groups in total. The average molecular weight is 315 g/mol. The summed E-state index contributed by atoms with van der Waals surface area (Å²) in [5.74, 6) is 0.319. The Kier molecular flexibility index (Phi) is 3.73. The van der Waals surface area contributed by atoms with Crippen LogP contribution in [0, 0.1) is 0 Å². The number of thioether (sulfide) groups is 1. The summed E-state index contributed by atoms with van der Waals surface area (Å²) in [7, 11) is 0. The van der Waals surface area contributed by atoms with Crippen molar-refractivity contribution in [1.82, 2.24) is 5.01 Å². The van der Waals surface area contributed by atoms with Crippen LogP contribution in [0.1, 0.15) is 5.56 Å². The smallest absolute Gasteiger partial charge is 0.259 e. The SMILES string of the molecule is O=C1CSC(=S)N1/N=C/c1ccc(Br)cc1. The minimum Gasteiger partial charge on any atom is -0.272 e. The normalized spacial score (nSPS) is 16.4. The van der Waals surface area contributed by atoms with Gasteiger partial charge in [-0.1, -0.05) is 52.0 Å². The fourth-order valence-electron chi connectivity index (χ4n) is 1.13. The van der Waals surface area contributed by atoms with Crippen molar-refractivity contribution in [2.45, 2.75) is 0 Å². The fraction of sp³-hybridized carbons (Fsp3) is 0.100. The van der Waals surface area contributed by atoms with Gasteiger partial charge in [-0.2, -0.15) is 10.1 Å². The summed E-state index contributed by atoms with van der Waals surface area (Å²) in [6.07, 6.45) is 1.63. The van der Waals surface area contributed by atoms with Crippen LogP contribution in [0.25, 0.3) is 0 Å². The number of carbonyl (C=O) groups is 1. The maximum Gasteiger partial charge on any atom is 0.259 e. The molecule has 0 radical (unpaired) electrons. The molecule has 0 saturated carbocycles. The molecule has 0 unspecified atom stereocenters. The Morgan fingerprint density at radius 3 is 2.69 bits per heavy atom. The number of carbonyl (C=O) groups excluding carboxylic acids is 1. The third-order valence-corrected chi connectivity index (χ3v) is 3.79. The number of hydrogen-bond donors (Lipinski definition) is 0. The van der Waals surface area contributed by atoms with Crippen LogP contribution in [0.4, 0.5) is 0 Å². The van der Waals surface area contributed by atoms with Crippen LogP contribution in [-0.2, 0) is 4.79 Å². The van der Waals surface area contributed by atoms with E-state index in [9.17, 15) is 4.79 Å². The van der Waals surface area contributed by atoms with Crippen molar-refractivity contribution in [3.8, 4) is 0 Å². The lowest BCUT2D eigenvalue weighted by Gasteiger charge is -2.06. The first-order chi connectivity index (χ1) is 7.66. The highest BCUT2D eigenvalue weighted by atomic mass is 79.9. The second-order valence-corrected chi connectivity index (χ2v) is 5.58. The molecule has 0 aromatic heterocycles. The number of thiocarbonyl (C=S) groups is 1. The second-order valence-electron chi connectivity index (χ2n) is 3.06. The summed E-state index contributed by atoms with van der Waals surface area (Å²) >= 11 is 9.69. The van der Waals surface area contributed by atoms with Crippen LogP contribution >= 0.6 is 39.9 Å². The number of halogens is 1. The predicted molar refractivity (Wildman–Crippen MR) is 73.6 cm³/mol. The monoisotopic (exact) mass is 314 g/mol. The topological polar surface area (TPSA) is 32.7 Å². The molecule has 16 heavy (non-hydrogen) atoms. The summed E-state index contributed by atoms with van der Waals surface area (Å²) in [5.41, 5.74) is 0.927. The highest BCUT2D eigenvalue weighted by molar-refractivity contribution is 9.10. The molecule has 0 bridgehead atoms. The largest absolute Gasteiger partial charge is 0.272 e. The molecule has 1 aliphatic rings. The molecule has 0 spiro atoms. The van der Waals surface area contributed by atoms with Gasteiger partial charge in [-0.25, -0.2) is 0 Å². The van der Waals surface area contributed by atoms with E-state index in [-0.39, 0.29) is 5.91 Å². The fourth-order valence-corrected chi connectivity index (χ4v) is 2.36. The lowest BCUT2D eigenvalue weighted by molar-refractivity contribution is -0.123. The Bertz CT molecular complexity index is 442. The van der Waals surface area contributed by atoms with Gasteiger partial charge in [-0.15, -0.1) is 0 Å². The average Bonchev–Trinajstić information content (AvgIpc) is 2.59. The van der Waals surface area contributed by atoms with E-state index >= 15 is 0 Å². The molecule has 0 aliphatic carbocycles. The summed E-state index contributed by atoms with van der Waals surface area (Å²) in [5, 5.41) is 5.33. The van der Waals surface area contributed by atoms with Crippen molar-refractivity contribution in [3.05, 3.63) is 34.3 Å². The van der Waals surface area contributed by atoms with Crippen molar-refractivity contribution in [1.29, 1.82) is 0 Å². The Labute approximate surface area is 111 Å². The summed E-state index contributed by atoms with van der Waals surface area (Å²) in [6.45, 7) is 0. The molecule has 1 fully saturated rings. The molecule has 2 rings (SSSR count). The van der Waals surface area contributed by atoms with Gasteiger partial charge in [0.2, 0.25) is 0 Å². The molecular formula is C10H7BrN2OS2. The zero-order valence-electron chi connectivity index (χ0n) is 8.09. The van der Waals surface area contributed by atoms with E-state index in [1.54, 1.807) is 6.21 Å². The number of amides is 1. The van der Waals surface area contributed by atoms with Gasteiger partial charge in [0.1, 0.15) is 0 Å². The number of hydrazone groups is 1. The zero-order chi connectivity index (χ0) is 11.5.